The number of unbranched alkanes of at least 4 members (excludes halogenated alkanes) is 14. The number of carboxylic acids is 1. The molecule has 0 aliphatic rings. The smallest absolute Gasteiger partial charge is 0.303 e. The van der Waals surface area contributed by atoms with Gasteiger partial charge in [0, 0.05) is 26.3 Å². The highest BCUT2D eigenvalue weighted by atomic mass is 16.4. The van der Waals surface area contributed by atoms with E-state index in [0.717, 1.165) is 38.6 Å². The molecule has 0 aliphatic heterocycles. The van der Waals surface area contributed by atoms with Gasteiger partial charge in [-0.3, -0.25) is 14.4 Å². The van der Waals surface area contributed by atoms with Crippen LogP contribution >= 0.6 is 0 Å². The third kappa shape index (κ3) is 34.0. The van der Waals surface area contributed by atoms with E-state index in [2.05, 4.69) is 12.2 Å². The number of carboxylic acid groups (broad SMARTS) is 1. The van der Waals surface area contributed by atoms with Crippen LogP contribution in [0.5, 0.6) is 0 Å². The van der Waals surface area contributed by atoms with Gasteiger partial charge in [-0.05, 0) is 19.3 Å². The highest BCUT2D eigenvalue weighted by molar-refractivity contribution is 5.73. The zero-order valence-electron chi connectivity index (χ0n) is 19.7. The fourth-order valence-corrected chi connectivity index (χ4v) is 3.16. The second-order valence-corrected chi connectivity index (χ2v) is 8.15. The van der Waals surface area contributed by atoms with Gasteiger partial charge in [-0.1, -0.05) is 90.4 Å². The number of primary amides is 1. The number of amides is 2. The van der Waals surface area contributed by atoms with E-state index in [1.165, 1.54) is 70.6 Å². The van der Waals surface area contributed by atoms with E-state index < -0.39 is 5.97 Å². The van der Waals surface area contributed by atoms with Gasteiger partial charge in [0.25, 0.3) is 0 Å². The fourth-order valence-electron chi connectivity index (χ4n) is 3.16. The van der Waals surface area contributed by atoms with Crippen molar-refractivity contribution in [3.05, 3.63) is 0 Å². The first kappa shape index (κ1) is 30.6. The van der Waals surface area contributed by atoms with Crippen LogP contribution in [0, 0.1) is 0 Å². The van der Waals surface area contributed by atoms with Gasteiger partial charge in [0.1, 0.15) is 0 Å². The number of nitrogens with two attached hydrogens (primary N) is 1. The van der Waals surface area contributed by atoms with Crippen molar-refractivity contribution >= 4 is 17.8 Å². The number of rotatable bonds is 20. The third-order valence-corrected chi connectivity index (χ3v) is 4.97. The molecule has 4 N–H and O–H groups in total. The molecule has 0 aromatic rings. The highest BCUT2D eigenvalue weighted by Crippen LogP contribution is 2.12. The van der Waals surface area contributed by atoms with Crippen molar-refractivity contribution in [2.45, 2.75) is 129 Å². The van der Waals surface area contributed by atoms with Gasteiger partial charge in [0.05, 0.1) is 0 Å². The highest BCUT2D eigenvalue weighted by Gasteiger charge is 1.97. The van der Waals surface area contributed by atoms with Gasteiger partial charge in [-0.25, -0.2) is 0 Å². The zero-order chi connectivity index (χ0) is 22.9. The van der Waals surface area contributed by atoms with E-state index in [0.29, 0.717) is 12.8 Å². The van der Waals surface area contributed by atoms with Gasteiger partial charge >= 0.3 is 5.97 Å². The standard InChI is InChI=1S/C16H31NO3.C8H17NO/c17-15(18)13-11-9-7-5-3-1-2-4-6-8-10-12-14-16(19)20;1-3-4-5-6-7-9-8(2)10/h1-14H2,(H2,17,18)(H,19,20);3-7H2,1-2H3,(H,9,10). The Hall–Kier alpha value is -1.59. The molecular weight excluding hydrogens is 380 g/mol. The number of hydrogen-bond acceptors (Lipinski definition) is 3. The number of hydrogen-bond donors (Lipinski definition) is 3. The maximum Gasteiger partial charge on any atom is 0.303 e. The summed E-state index contributed by atoms with van der Waals surface area (Å²) in [5.41, 5.74) is 5.08. The molecule has 0 spiro atoms. The largest absolute Gasteiger partial charge is 0.481 e. The molecule has 0 aliphatic carbocycles. The second kappa shape index (κ2) is 25.4. The number of nitrogens with one attached hydrogen (secondary N) is 1. The molecule has 0 aromatic heterocycles. The zero-order valence-corrected chi connectivity index (χ0v) is 19.7. The molecule has 0 fully saturated rings. The Morgan fingerprint density at radius 3 is 1.43 bits per heavy atom. The van der Waals surface area contributed by atoms with Crippen LogP contribution in [0.25, 0.3) is 0 Å². The van der Waals surface area contributed by atoms with Crippen LogP contribution in [-0.4, -0.2) is 29.4 Å². The Balaban J connectivity index is 0. The maximum absolute atomic E-state index is 10.5. The molecule has 0 aromatic carbocycles. The quantitative estimate of drug-likeness (QED) is 0.215. The van der Waals surface area contributed by atoms with Gasteiger partial charge in [-0.15, -0.1) is 0 Å². The average molecular weight is 429 g/mol. The molecule has 0 bridgehead atoms. The SMILES string of the molecule is CCCCCCNC(C)=O.NC(=O)CCCCCCCCCCCCCCC(=O)O. The number of carbonyl (C=O) groups is 3. The van der Waals surface area contributed by atoms with E-state index in [1.54, 1.807) is 6.92 Å². The lowest BCUT2D eigenvalue weighted by atomic mass is 10.0. The Labute approximate surface area is 184 Å². The first-order valence-corrected chi connectivity index (χ1v) is 12.1. The summed E-state index contributed by atoms with van der Waals surface area (Å²) in [5, 5.41) is 11.3. The van der Waals surface area contributed by atoms with Crippen LogP contribution in [0.3, 0.4) is 0 Å². The summed E-state index contributed by atoms with van der Waals surface area (Å²) in [6, 6.07) is 0. The van der Waals surface area contributed by atoms with Crippen molar-refractivity contribution in [2.24, 2.45) is 5.73 Å². The van der Waals surface area contributed by atoms with Crippen molar-refractivity contribution < 1.29 is 19.5 Å². The second-order valence-electron chi connectivity index (χ2n) is 8.15. The molecule has 2 amide bonds. The molecule has 30 heavy (non-hydrogen) atoms. The molecule has 0 atom stereocenters. The minimum Gasteiger partial charge on any atom is -0.481 e. The summed E-state index contributed by atoms with van der Waals surface area (Å²) in [6.45, 7) is 4.58. The first-order chi connectivity index (χ1) is 14.4. The summed E-state index contributed by atoms with van der Waals surface area (Å²) in [6.07, 6.45) is 19.7. The number of carbonyl (C=O) groups excluding carboxylic acids is 2. The molecule has 6 nitrogen and oxygen atoms in total. The summed E-state index contributed by atoms with van der Waals surface area (Å²) in [5.74, 6) is -0.786. The topological polar surface area (TPSA) is 109 Å². The Kier molecular flexibility index (Phi) is 26.0. The van der Waals surface area contributed by atoms with Crippen LogP contribution < -0.4 is 11.1 Å². The monoisotopic (exact) mass is 428 g/mol. The molecule has 0 saturated carbocycles. The minimum absolute atomic E-state index is 0.0801. The molecule has 0 heterocycles. The Bertz CT molecular complexity index is 388. The summed E-state index contributed by atoms with van der Waals surface area (Å²) in [7, 11) is 0. The average Bonchev–Trinajstić information content (AvgIpc) is 2.68. The van der Waals surface area contributed by atoms with Gasteiger partial charge in [-0.2, -0.15) is 0 Å². The van der Waals surface area contributed by atoms with Crippen LogP contribution in [0.1, 0.15) is 129 Å². The lowest BCUT2D eigenvalue weighted by Crippen LogP contribution is -2.20. The minimum atomic E-state index is -0.680. The van der Waals surface area contributed by atoms with E-state index >= 15 is 0 Å². The van der Waals surface area contributed by atoms with Crippen LogP contribution in [-0.2, 0) is 14.4 Å². The van der Waals surface area contributed by atoms with Crippen molar-refractivity contribution in [1.29, 1.82) is 0 Å². The predicted octanol–water partition coefficient (Wildman–Crippen LogP) is 5.72. The number of aliphatic carboxylic acids is 1. The van der Waals surface area contributed by atoms with Gasteiger partial charge < -0.3 is 16.2 Å². The Morgan fingerprint density at radius 1 is 0.667 bits per heavy atom. The fraction of sp³-hybridized carbons (Fsp3) is 0.875. The summed E-state index contributed by atoms with van der Waals surface area (Å²) in [4.78, 5) is 31.2. The normalized spacial score (nSPS) is 10.2. The van der Waals surface area contributed by atoms with Crippen molar-refractivity contribution in [3.63, 3.8) is 0 Å². The molecular formula is C24H48N2O4. The first-order valence-electron chi connectivity index (χ1n) is 12.1. The van der Waals surface area contributed by atoms with E-state index in [9.17, 15) is 14.4 Å². The van der Waals surface area contributed by atoms with Crippen molar-refractivity contribution in [1.82, 2.24) is 5.32 Å². The predicted molar refractivity (Wildman–Crippen MR) is 124 cm³/mol. The summed E-state index contributed by atoms with van der Waals surface area (Å²) < 4.78 is 0. The van der Waals surface area contributed by atoms with Crippen molar-refractivity contribution in [2.75, 3.05) is 6.54 Å². The van der Waals surface area contributed by atoms with E-state index in [-0.39, 0.29) is 11.8 Å². The summed E-state index contributed by atoms with van der Waals surface area (Å²) >= 11 is 0. The third-order valence-electron chi connectivity index (χ3n) is 4.97. The molecule has 0 radical (unpaired) electrons. The Morgan fingerprint density at radius 2 is 1.07 bits per heavy atom. The van der Waals surface area contributed by atoms with E-state index in [4.69, 9.17) is 10.8 Å². The lowest BCUT2D eigenvalue weighted by molar-refractivity contribution is -0.137. The molecule has 0 unspecified atom stereocenters. The van der Waals surface area contributed by atoms with E-state index in [1.807, 2.05) is 0 Å². The van der Waals surface area contributed by atoms with Crippen LogP contribution in [0.4, 0.5) is 0 Å². The van der Waals surface area contributed by atoms with Crippen LogP contribution in [0.2, 0.25) is 0 Å². The van der Waals surface area contributed by atoms with Crippen molar-refractivity contribution in [3.8, 4) is 0 Å². The van der Waals surface area contributed by atoms with Gasteiger partial charge in [0.2, 0.25) is 11.8 Å². The lowest BCUT2D eigenvalue weighted by Gasteiger charge is -2.02. The maximum atomic E-state index is 10.5. The van der Waals surface area contributed by atoms with Crippen LogP contribution in [0.15, 0.2) is 0 Å². The molecule has 178 valence electrons. The van der Waals surface area contributed by atoms with Gasteiger partial charge in [0.15, 0.2) is 0 Å². The molecule has 6 heteroatoms. The molecule has 0 rings (SSSR count). The molecule has 0 saturated heterocycles.